The third kappa shape index (κ3) is 6.95. The maximum Gasteiger partial charge on any atom is 1.00 e. The molecule has 1 aromatic heterocycles. The molecule has 0 atom stereocenters. The monoisotopic (exact) mass is 432 g/mol. The van der Waals surface area contributed by atoms with Crippen LogP contribution in [-0.4, -0.2) is 25.0 Å². The zero-order valence-corrected chi connectivity index (χ0v) is 19.5. The molecule has 7 nitrogen and oxygen atoms in total. The molecular formula is C23H21NaO7. The first kappa shape index (κ1) is 24.7. The van der Waals surface area contributed by atoms with Crippen LogP contribution in [0.3, 0.4) is 0 Å². The van der Waals surface area contributed by atoms with Crippen LogP contribution in [0.5, 0.6) is 11.5 Å². The molecule has 3 rings (SSSR count). The van der Waals surface area contributed by atoms with E-state index in [4.69, 9.17) is 13.9 Å². The SMILES string of the molecule is CC(=O)c1ccc(OCCCCCOc2ccc3c(=O)cc(C(=O)[O-])oc3c2)cc1.[Na+]. The molecule has 0 fully saturated rings. The van der Waals surface area contributed by atoms with Gasteiger partial charge in [0, 0.05) is 17.7 Å². The molecule has 0 aliphatic rings. The van der Waals surface area contributed by atoms with Crippen LogP contribution >= 0.6 is 0 Å². The van der Waals surface area contributed by atoms with Crippen molar-refractivity contribution < 1.29 is 58.1 Å². The average molecular weight is 432 g/mol. The first-order valence-corrected chi connectivity index (χ1v) is 9.60. The van der Waals surface area contributed by atoms with Gasteiger partial charge in [-0.25, -0.2) is 0 Å². The van der Waals surface area contributed by atoms with Crippen LogP contribution < -0.4 is 49.6 Å². The summed E-state index contributed by atoms with van der Waals surface area (Å²) in [6, 6.07) is 12.6. The Morgan fingerprint density at radius 2 is 1.52 bits per heavy atom. The minimum Gasteiger partial charge on any atom is -0.542 e. The number of aromatic carboxylic acids is 1. The van der Waals surface area contributed by atoms with Crippen molar-refractivity contribution in [3.05, 3.63) is 70.1 Å². The third-order valence-electron chi connectivity index (χ3n) is 4.49. The van der Waals surface area contributed by atoms with Crippen molar-refractivity contribution in [1.82, 2.24) is 0 Å². The van der Waals surface area contributed by atoms with E-state index in [0.717, 1.165) is 31.1 Å². The molecule has 0 radical (unpaired) electrons. The Bertz CT molecular complexity index is 1100. The normalized spacial score (nSPS) is 10.4. The maximum atomic E-state index is 11.9. The van der Waals surface area contributed by atoms with Crippen LogP contribution in [-0.2, 0) is 0 Å². The molecule has 0 saturated carbocycles. The van der Waals surface area contributed by atoms with E-state index in [1.165, 1.54) is 13.0 Å². The first-order valence-electron chi connectivity index (χ1n) is 9.60. The smallest absolute Gasteiger partial charge is 0.542 e. The molecule has 31 heavy (non-hydrogen) atoms. The molecule has 0 aliphatic carbocycles. The van der Waals surface area contributed by atoms with Gasteiger partial charge in [0.1, 0.15) is 23.1 Å². The van der Waals surface area contributed by atoms with E-state index in [1.807, 2.05) is 0 Å². The largest absolute Gasteiger partial charge is 1.00 e. The minimum atomic E-state index is -1.54. The van der Waals surface area contributed by atoms with Crippen molar-refractivity contribution in [2.24, 2.45) is 0 Å². The number of hydrogen-bond acceptors (Lipinski definition) is 7. The summed E-state index contributed by atoms with van der Waals surface area (Å²) in [5, 5.41) is 11.2. The van der Waals surface area contributed by atoms with Crippen LogP contribution in [0.2, 0.25) is 0 Å². The summed E-state index contributed by atoms with van der Waals surface area (Å²) in [6.45, 7) is 2.55. The minimum absolute atomic E-state index is 0. The zero-order chi connectivity index (χ0) is 21.5. The van der Waals surface area contributed by atoms with Crippen LogP contribution in [0.25, 0.3) is 11.0 Å². The summed E-state index contributed by atoms with van der Waals surface area (Å²) in [7, 11) is 0. The fourth-order valence-corrected chi connectivity index (χ4v) is 2.87. The van der Waals surface area contributed by atoms with Gasteiger partial charge in [-0.3, -0.25) is 9.59 Å². The average Bonchev–Trinajstić information content (AvgIpc) is 2.73. The van der Waals surface area contributed by atoms with Gasteiger partial charge in [-0.15, -0.1) is 0 Å². The molecule has 0 N–H and O–H groups in total. The predicted octanol–water partition coefficient (Wildman–Crippen LogP) is -0.00880. The van der Waals surface area contributed by atoms with Crippen LogP contribution in [0.4, 0.5) is 0 Å². The second-order valence-corrected chi connectivity index (χ2v) is 6.76. The second kappa shape index (κ2) is 11.7. The van der Waals surface area contributed by atoms with Gasteiger partial charge in [0.15, 0.2) is 17.0 Å². The number of fused-ring (bicyclic) bond motifs is 1. The van der Waals surface area contributed by atoms with Gasteiger partial charge in [-0.05, 0) is 62.6 Å². The van der Waals surface area contributed by atoms with E-state index in [0.29, 0.717) is 24.5 Å². The molecule has 0 unspecified atom stereocenters. The van der Waals surface area contributed by atoms with Crippen molar-refractivity contribution >= 4 is 22.7 Å². The standard InChI is InChI=1S/C23H22O7.Na/c1-15(24)16-5-7-17(8-6-16)28-11-3-2-4-12-29-18-9-10-19-20(25)14-22(23(26)27)30-21(19)13-18;/h5-10,13-14H,2-4,11-12H2,1H3,(H,26,27);/q;+1/p-1. The van der Waals surface area contributed by atoms with Gasteiger partial charge in [0.25, 0.3) is 0 Å². The second-order valence-electron chi connectivity index (χ2n) is 6.76. The molecule has 3 aromatic rings. The Morgan fingerprint density at radius 1 is 0.903 bits per heavy atom. The van der Waals surface area contributed by atoms with E-state index < -0.39 is 17.2 Å². The Hall–Kier alpha value is -2.61. The Morgan fingerprint density at radius 3 is 2.13 bits per heavy atom. The molecule has 0 aliphatic heterocycles. The van der Waals surface area contributed by atoms with Crippen molar-refractivity contribution in [3.63, 3.8) is 0 Å². The number of rotatable bonds is 10. The molecule has 156 valence electrons. The fourth-order valence-electron chi connectivity index (χ4n) is 2.87. The van der Waals surface area contributed by atoms with E-state index in [-0.39, 0.29) is 46.3 Å². The number of ether oxygens (including phenoxy) is 2. The van der Waals surface area contributed by atoms with Gasteiger partial charge < -0.3 is 23.8 Å². The van der Waals surface area contributed by atoms with Gasteiger partial charge in [0.2, 0.25) is 0 Å². The molecule has 8 heteroatoms. The van der Waals surface area contributed by atoms with Gasteiger partial charge in [0.05, 0.1) is 18.6 Å². The Labute approximate surface area is 201 Å². The number of hydrogen-bond donors (Lipinski definition) is 0. The molecule has 0 amide bonds. The summed E-state index contributed by atoms with van der Waals surface area (Å²) in [4.78, 5) is 34.1. The third-order valence-corrected chi connectivity index (χ3v) is 4.49. The number of carbonyl (C=O) groups is 2. The summed E-state index contributed by atoms with van der Waals surface area (Å²) >= 11 is 0. The number of ketones is 1. The summed E-state index contributed by atoms with van der Waals surface area (Å²) < 4.78 is 16.5. The molecule has 0 spiro atoms. The van der Waals surface area contributed by atoms with Crippen molar-refractivity contribution in [2.45, 2.75) is 26.2 Å². The topological polar surface area (TPSA) is 106 Å². The van der Waals surface area contributed by atoms with Gasteiger partial charge >= 0.3 is 29.6 Å². The number of unbranched alkanes of at least 4 members (excludes halogenated alkanes) is 2. The van der Waals surface area contributed by atoms with E-state index >= 15 is 0 Å². The van der Waals surface area contributed by atoms with E-state index in [1.54, 1.807) is 36.4 Å². The van der Waals surface area contributed by atoms with Crippen LogP contribution in [0, 0.1) is 0 Å². The maximum absolute atomic E-state index is 11.9. The number of carboxylic acids is 1. The summed E-state index contributed by atoms with van der Waals surface area (Å²) in [5.74, 6) is -0.819. The molecule has 0 saturated heterocycles. The Balaban J connectivity index is 0.00000341. The first-order chi connectivity index (χ1) is 14.4. The number of carbonyl (C=O) groups excluding carboxylic acids is 2. The van der Waals surface area contributed by atoms with Gasteiger partial charge in [-0.1, -0.05) is 0 Å². The van der Waals surface area contributed by atoms with Crippen molar-refractivity contribution in [3.8, 4) is 11.5 Å². The number of benzene rings is 2. The Kier molecular flexibility index (Phi) is 9.30. The van der Waals surface area contributed by atoms with Crippen molar-refractivity contribution in [1.29, 1.82) is 0 Å². The number of carboxylic acid groups (broad SMARTS) is 1. The van der Waals surface area contributed by atoms with Crippen molar-refractivity contribution in [2.75, 3.05) is 13.2 Å². The molecular weight excluding hydrogens is 411 g/mol. The summed E-state index contributed by atoms with van der Waals surface area (Å²) in [5.41, 5.74) is 0.352. The predicted molar refractivity (Wildman–Crippen MR) is 108 cm³/mol. The molecule has 1 heterocycles. The zero-order valence-electron chi connectivity index (χ0n) is 17.5. The quantitative estimate of drug-likeness (QED) is 0.252. The van der Waals surface area contributed by atoms with E-state index in [9.17, 15) is 19.5 Å². The van der Waals surface area contributed by atoms with Crippen LogP contribution in [0.1, 0.15) is 47.1 Å². The molecule has 0 bridgehead atoms. The van der Waals surface area contributed by atoms with E-state index in [2.05, 4.69) is 0 Å². The van der Waals surface area contributed by atoms with Gasteiger partial charge in [-0.2, -0.15) is 0 Å². The number of Topliss-reactive ketones (excluding diaryl/α,β-unsaturated/α-hetero) is 1. The summed E-state index contributed by atoms with van der Waals surface area (Å²) in [6.07, 6.45) is 2.54. The van der Waals surface area contributed by atoms with Crippen LogP contribution in [0.15, 0.2) is 57.7 Å². The fraction of sp³-hybridized carbons (Fsp3) is 0.261. The molecule has 2 aromatic carbocycles.